The molecule has 2 heterocycles. The molecule has 0 radical (unpaired) electrons. The topological polar surface area (TPSA) is 89.5 Å². The third kappa shape index (κ3) is 3.96. The number of hydrogen-bond donors (Lipinski definition) is 1. The molecule has 3 rings (SSSR count). The highest BCUT2D eigenvalue weighted by Gasteiger charge is 2.17. The van der Waals surface area contributed by atoms with Gasteiger partial charge in [0.2, 0.25) is 5.95 Å². The summed E-state index contributed by atoms with van der Waals surface area (Å²) in [6, 6.07) is 9.23. The van der Waals surface area contributed by atoms with Crippen molar-refractivity contribution in [2.75, 3.05) is 38.3 Å². The van der Waals surface area contributed by atoms with E-state index in [-0.39, 0.29) is 18.5 Å². The number of amides is 1. The fourth-order valence-corrected chi connectivity index (χ4v) is 2.31. The van der Waals surface area contributed by atoms with Crippen LogP contribution in [-0.2, 0) is 11.3 Å². The Morgan fingerprint density at radius 3 is 2.67 bits per heavy atom. The van der Waals surface area contributed by atoms with E-state index >= 15 is 0 Å². The summed E-state index contributed by atoms with van der Waals surface area (Å²) in [5.74, 6) is 0.810. The molecule has 24 heavy (non-hydrogen) atoms. The van der Waals surface area contributed by atoms with Crippen LogP contribution in [0.4, 0.5) is 5.95 Å². The Labute approximate surface area is 139 Å². The lowest BCUT2D eigenvalue weighted by molar-refractivity contribution is 0.0949. The fraction of sp³-hybridized carbons (Fsp3) is 0.375. The highest BCUT2D eigenvalue weighted by molar-refractivity contribution is 5.93. The molecule has 1 aromatic heterocycles. The number of nitrogens with one attached hydrogen (secondary N) is 1. The fourth-order valence-electron chi connectivity index (χ4n) is 2.31. The van der Waals surface area contributed by atoms with E-state index in [0.29, 0.717) is 43.6 Å². The van der Waals surface area contributed by atoms with Gasteiger partial charge in [0.25, 0.3) is 5.91 Å². The van der Waals surface area contributed by atoms with Crippen molar-refractivity contribution in [1.82, 2.24) is 20.3 Å². The minimum atomic E-state index is -0.178. The Morgan fingerprint density at radius 2 is 1.96 bits per heavy atom. The molecule has 126 valence electrons. The molecule has 0 bridgehead atoms. The van der Waals surface area contributed by atoms with Gasteiger partial charge in [-0.2, -0.15) is 15.0 Å². The maximum atomic E-state index is 12.1. The van der Waals surface area contributed by atoms with Crippen LogP contribution in [0.25, 0.3) is 0 Å². The Bertz CT molecular complexity index is 689. The number of benzene rings is 1. The van der Waals surface area contributed by atoms with Crippen LogP contribution >= 0.6 is 0 Å². The first-order chi connectivity index (χ1) is 11.8. The van der Waals surface area contributed by atoms with Gasteiger partial charge in [-0.15, -0.1) is 0 Å². The molecule has 8 nitrogen and oxygen atoms in total. The number of rotatable bonds is 5. The molecule has 1 aliphatic rings. The van der Waals surface area contributed by atoms with Crippen molar-refractivity contribution in [2.45, 2.75) is 6.54 Å². The van der Waals surface area contributed by atoms with Gasteiger partial charge in [-0.25, -0.2) is 0 Å². The maximum Gasteiger partial charge on any atom is 0.321 e. The van der Waals surface area contributed by atoms with Crippen molar-refractivity contribution in [1.29, 1.82) is 0 Å². The van der Waals surface area contributed by atoms with Gasteiger partial charge in [-0.1, -0.05) is 18.2 Å². The van der Waals surface area contributed by atoms with Crippen molar-refractivity contribution >= 4 is 11.9 Å². The van der Waals surface area contributed by atoms with E-state index in [1.807, 2.05) is 23.1 Å². The van der Waals surface area contributed by atoms with Gasteiger partial charge in [0.05, 0.1) is 26.9 Å². The van der Waals surface area contributed by atoms with Crippen molar-refractivity contribution in [3.63, 3.8) is 0 Å². The van der Waals surface area contributed by atoms with Crippen molar-refractivity contribution in [3.8, 4) is 6.01 Å². The molecule has 1 saturated heterocycles. The lowest BCUT2D eigenvalue weighted by atomic mass is 10.2. The Hall–Kier alpha value is -2.74. The first kappa shape index (κ1) is 16.1. The number of ether oxygens (including phenoxy) is 2. The first-order valence-electron chi connectivity index (χ1n) is 7.71. The van der Waals surface area contributed by atoms with Crippen LogP contribution in [-0.4, -0.2) is 54.3 Å². The number of hydrogen-bond acceptors (Lipinski definition) is 7. The minimum Gasteiger partial charge on any atom is -0.467 e. The SMILES string of the molecule is COc1nc(CNC(=O)c2ccccc2)nc(N2CCOCC2)n1. The van der Waals surface area contributed by atoms with Gasteiger partial charge in [-0.3, -0.25) is 4.79 Å². The highest BCUT2D eigenvalue weighted by atomic mass is 16.5. The third-order valence-corrected chi connectivity index (χ3v) is 3.57. The summed E-state index contributed by atoms with van der Waals surface area (Å²) >= 11 is 0. The van der Waals surface area contributed by atoms with Crippen molar-refractivity contribution in [2.24, 2.45) is 0 Å². The van der Waals surface area contributed by atoms with Gasteiger partial charge in [0.1, 0.15) is 0 Å². The molecular weight excluding hydrogens is 310 g/mol. The van der Waals surface area contributed by atoms with E-state index in [1.165, 1.54) is 7.11 Å². The number of carbonyl (C=O) groups is 1. The summed E-state index contributed by atoms with van der Waals surface area (Å²) in [5.41, 5.74) is 0.590. The summed E-state index contributed by atoms with van der Waals surface area (Å²) < 4.78 is 10.5. The van der Waals surface area contributed by atoms with E-state index in [2.05, 4.69) is 20.3 Å². The van der Waals surface area contributed by atoms with E-state index < -0.39 is 0 Å². The molecule has 1 amide bonds. The highest BCUT2D eigenvalue weighted by Crippen LogP contribution is 2.13. The zero-order valence-corrected chi connectivity index (χ0v) is 13.4. The van der Waals surface area contributed by atoms with Crippen LogP contribution in [0.2, 0.25) is 0 Å². The van der Waals surface area contributed by atoms with Gasteiger partial charge < -0.3 is 19.7 Å². The molecule has 0 saturated carbocycles. The Kier molecular flexibility index (Phi) is 5.17. The molecule has 1 fully saturated rings. The number of morpholine rings is 1. The predicted molar refractivity (Wildman–Crippen MR) is 87.0 cm³/mol. The molecule has 1 aromatic carbocycles. The van der Waals surface area contributed by atoms with Crippen LogP contribution in [0.1, 0.15) is 16.2 Å². The van der Waals surface area contributed by atoms with Gasteiger partial charge in [-0.05, 0) is 12.1 Å². The van der Waals surface area contributed by atoms with Crippen LogP contribution in [0.5, 0.6) is 6.01 Å². The summed E-state index contributed by atoms with van der Waals surface area (Å²) in [6.07, 6.45) is 0. The average molecular weight is 329 g/mol. The summed E-state index contributed by atoms with van der Waals surface area (Å²) in [5, 5.41) is 2.81. The Morgan fingerprint density at radius 1 is 1.21 bits per heavy atom. The minimum absolute atomic E-state index is 0.178. The molecule has 1 aliphatic heterocycles. The standard InChI is InChI=1S/C16H19N5O3/c1-23-16-19-13(11-17-14(22)12-5-3-2-4-6-12)18-15(20-16)21-7-9-24-10-8-21/h2-6H,7-11H2,1H3,(H,17,22). The summed E-state index contributed by atoms with van der Waals surface area (Å²) in [6.45, 7) is 2.89. The van der Waals surface area contributed by atoms with Crippen molar-refractivity contribution in [3.05, 3.63) is 41.7 Å². The molecule has 0 aliphatic carbocycles. The molecular formula is C16H19N5O3. The number of anilines is 1. The van der Waals surface area contributed by atoms with Crippen LogP contribution in [0, 0.1) is 0 Å². The number of aromatic nitrogens is 3. The monoisotopic (exact) mass is 329 g/mol. The normalized spacial score (nSPS) is 14.3. The quantitative estimate of drug-likeness (QED) is 0.861. The average Bonchev–Trinajstić information content (AvgIpc) is 2.67. The van der Waals surface area contributed by atoms with Crippen LogP contribution in [0.15, 0.2) is 30.3 Å². The molecule has 0 atom stereocenters. The first-order valence-corrected chi connectivity index (χ1v) is 7.71. The van der Waals surface area contributed by atoms with Crippen molar-refractivity contribution < 1.29 is 14.3 Å². The maximum absolute atomic E-state index is 12.1. The number of nitrogens with zero attached hydrogens (tertiary/aromatic N) is 4. The number of carbonyl (C=O) groups excluding carboxylic acids is 1. The van der Waals surface area contributed by atoms with Gasteiger partial charge in [0.15, 0.2) is 5.82 Å². The second kappa shape index (κ2) is 7.69. The zero-order valence-electron chi connectivity index (χ0n) is 13.4. The lowest BCUT2D eigenvalue weighted by Gasteiger charge is -2.26. The smallest absolute Gasteiger partial charge is 0.321 e. The number of methoxy groups -OCH3 is 1. The largest absolute Gasteiger partial charge is 0.467 e. The van der Waals surface area contributed by atoms with E-state index in [0.717, 1.165) is 0 Å². The van der Waals surface area contributed by atoms with Gasteiger partial charge in [0, 0.05) is 18.7 Å². The molecule has 0 spiro atoms. The third-order valence-electron chi connectivity index (χ3n) is 3.57. The van der Waals surface area contributed by atoms with Gasteiger partial charge >= 0.3 is 6.01 Å². The Balaban J connectivity index is 1.71. The van der Waals surface area contributed by atoms with E-state index in [9.17, 15) is 4.79 Å². The van der Waals surface area contributed by atoms with Crippen LogP contribution < -0.4 is 15.0 Å². The second-order valence-electron chi connectivity index (χ2n) is 5.19. The zero-order chi connectivity index (χ0) is 16.8. The lowest BCUT2D eigenvalue weighted by Crippen LogP contribution is -2.37. The van der Waals surface area contributed by atoms with Crippen LogP contribution in [0.3, 0.4) is 0 Å². The van der Waals surface area contributed by atoms with E-state index in [4.69, 9.17) is 9.47 Å². The van der Waals surface area contributed by atoms with E-state index in [1.54, 1.807) is 12.1 Å². The second-order valence-corrected chi connectivity index (χ2v) is 5.19. The predicted octanol–water partition coefficient (Wildman–Crippen LogP) is 0.647. The summed E-state index contributed by atoms with van der Waals surface area (Å²) in [4.78, 5) is 27.0. The summed E-state index contributed by atoms with van der Waals surface area (Å²) in [7, 11) is 1.50. The molecule has 1 N–H and O–H groups in total. The molecule has 2 aromatic rings. The molecule has 0 unspecified atom stereocenters. The molecule has 8 heteroatoms.